The van der Waals surface area contributed by atoms with Crippen molar-refractivity contribution < 1.29 is 9.90 Å². The highest BCUT2D eigenvalue weighted by atomic mass is 16.3. The maximum Gasteiger partial charge on any atom is 0.251 e. The number of benzene rings is 2. The summed E-state index contributed by atoms with van der Waals surface area (Å²) in [5, 5.41) is 19.5. The molecule has 0 radical (unpaired) electrons. The van der Waals surface area contributed by atoms with Crippen LogP contribution in [0, 0.1) is 5.41 Å². The average Bonchev–Trinajstić information content (AvgIpc) is 3.35. The SMILES string of the molecule is CCNC(=O)c1ccccc1CC[C@]1(O)CCC2=Cc3c(cnn3-c3ccccc3)C[C@@]21C. The van der Waals surface area contributed by atoms with Gasteiger partial charge in [0.1, 0.15) is 0 Å². The van der Waals surface area contributed by atoms with Crippen LogP contribution in [0.1, 0.15) is 60.3 Å². The summed E-state index contributed by atoms with van der Waals surface area (Å²) in [6.07, 6.45) is 7.88. The maximum atomic E-state index is 12.5. The Kier molecular flexibility index (Phi) is 5.45. The number of aliphatic hydroxyl groups is 1. The summed E-state index contributed by atoms with van der Waals surface area (Å²) in [4.78, 5) is 12.5. The van der Waals surface area contributed by atoms with E-state index in [0.717, 1.165) is 36.2 Å². The van der Waals surface area contributed by atoms with Gasteiger partial charge in [-0.25, -0.2) is 4.68 Å². The van der Waals surface area contributed by atoms with Crippen molar-refractivity contribution in [3.8, 4) is 5.69 Å². The number of nitrogens with zero attached hydrogens (tertiary/aromatic N) is 2. The van der Waals surface area contributed by atoms with E-state index in [0.29, 0.717) is 24.9 Å². The second kappa shape index (κ2) is 8.31. The van der Waals surface area contributed by atoms with E-state index in [1.54, 1.807) is 0 Å². The Morgan fingerprint density at radius 1 is 1.15 bits per heavy atom. The lowest BCUT2D eigenvalue weighted by molar-refractivity contribution is -0.0461. The van der Waals surface area contributed by atoms with E-state index in [-0.39, 0.29) is 11.3 Å². The van der Waals surface area contributed by atoms with Gasteiger partial charge in [0, 0.05) is 17.5 Å². The highest BCUT2D eigenvalue weighted by Crippen LogP contribution is 2.56. The lowest BCUT2D eigenvalue weighted by Crippen LogP contribution is -2.45. The molecule has 5 heteroatoms. The maximum absolute atomic E-state index is 12.5. The third kappa shape index (κ3) is 3.61. The fourth-order valence-electron chi connectivity index (χ4n) is 5.66. The Labute approximate surface area is 195 Å². The van der Waals surface area contributed by atoms with E-state index in [2.05, 4.69) is 35.5 Å². The number of nitrogens with one attached hydrogen (secondary N) is 1. The zero-order valence-electron chi connectivity index (χ0n) is 19.3. The molecule has 1 fully saturated rings. The van der Waals surface area contributed by atoms with E-state index >= 15 is 0 Å². The normalized spacial score (nSPS) is 23.5. The third-order valence-corrected chi connectivity index (χ3v) is 7.69. The number of hydrogen-bond donors (Lipinski definition) is 2. The summed E-state index contributed by atoms with van der Waals surface area (Å²) in [6, 6.07) is 17.9. The van der Waals surface area contributed by atoms with Crippen LogP contribution in [-0.4, -0.2) is 32.9 Å². The molecule has 2 atom stereocenters. The Hall–Kier alpha value is -3.18. The number of aromatic nitrogens is 2. The van der Waals surface area contributed by atoms with Crippen molar-refractivity contribution in [2.75, 3.05) is 6.54 Å². The molecule has 2 N–H and O–H groups in total. The quantitative estimate of drug-likeness (QED) is 0.581. The van der Waals surface area contributed by atoms with Gasteiger partial charge in [-0.2, -0.15) is 5.10 Å². The zero-order chi connectivity index (χ0) is 23.1. The first-order valence-corrected chi connectivity index (χ1v) is 11.9. The first-order valence-electron chi connectivity index (χ1n) is 11.9. The molecule has 0 unspecified atom stereocenters. The van der Waals surface area contributed by atoms with Crippen LogP contribution >= 0.6 is 0 Å². The molecule has 3 aromatic rings. The predicted molar refractivity (Wildman–Crippen MR) is 130 cm³/mol. The Morgan fingerprint density at radius 3 is 2.70 bits per heavy atom. The van der Waals surface area contributed by atoms with Crippen molar-refractivity contribution in [2.45, 2.75) is 51.6 Å². The first-order chi connectivity index (χ1) is 15.9. The van der Waals surface area contributed by atoms with Crippen LogP contribution < -0.4 is 5.32 Å². The van der Waals surface area contributed by atoms with Crippen LogP contribution in [0.2, 0.25) is 0 Å². The molecule has 33 heavy (non-hydrogen) atoms. The molecule has 170 valence electrons. The minimum absolute atomic E-state index is 0.0473. The number of aryl methyl sites for hydroxylation is 1. The summed E-state index contributed by atoms with van der Waals surface area (Å²) in [5.41, 5.74) is 5.20. The second-order valence-electron chi connectivity index (χ2n) is 9.53. The van der Waals surface area contributed by atoms with E-state index in [1.807, 2.05) is 60.3 Å². The van der Waals surface area contributed by atoms with E-state index in [9.17, 15) is 9.90 Å². The number of carbonyl (C=O) groups excluding carboxylic acids is 1. The highest BCUT2D eigenvalue weighted by Gasteiger charge is 2.54. The number of carbonyl (C=O) groups is 1. The fourth-order valence-corrected chi connectivity index (χ4v) is 5.66. The molecular formula is C28H31N3O2. The van der Waals surface area contributed by atoms with Crippen LogP contribution in [-0.2, 0) is 12.8 Å². The van der Waals surface area contributed by atoms with Crippen LogP contribution in [0.15, 0.2) is 66.4 Å². The topological polar surface area (TPSA) is 67.2 Å². The van der Waals surface area contributed by atoms with Crippen LogP contribution in [0.5, 0.6) is 0 Å². The molecule has 2 aliphatic rings. The smallest absolute Gasteiger partial charge is 0.251 e. The van der Waals surface area contributed by atoms with E-state index < -0.39 is 5.60 Å². The molecule has 1 amide bonds. The fraction of sp³-hybridized carbons (Fsp3) is 0.357. The summed E-state index contributed by atoms with van der Waals surface area (Å²) >= 11 is 0. The molecular weight excluding hydrogens is 410 g/mol. The number of hydrogen-bond acceptors (Lipinski definition) is 3. The van der Waals surface area contributed by atoms with E-state index in [1.165, 1.54) is 11.1 Å². The first kappa shape index (κ1) is 21.7. The van der Waals surface area contributed by atoms with Crippen molar-refractivity contribution >= 4 is 12.0 Å². The van der Waals surface area contributed by atoms with E-state index in [4.69, 9.17) is 0 Å². The molecule has 0 bridgehead atoms. The van der Waals surface area contributed by atoms with Gasteiger partial charge in [-0.1, -0.05) is 48.9 Å². The molecule has 2 aliphatic carbocycles. The van der Waals surface area contributed by atoms with Gasteiger partial charge in [0.2, 0.25) is 0 Å². The van der Waals surface area contributed by atoms with Gasteiger partial charge >= 0.3 is 0 Å². The number of para-hydroxylation sites is 1. The van der Waals surface area contributed by atoms with Crippen molar-refractivity contribution in [3.05, 3.63) is 88.8 Å². The summed E-state index contributed by atoms with van der Waals surface area (Å²) < 4.78 is 2.00. The Bertz CT molecular complexity index is 1210. The molecule has 1 aromatic heterocycles. The molecule has 5 rings (SSSR count). The van der Waals surface area contributed by atoms with Gasteiger partial charge in [-0.3, -0.25) is 4.79 Å². The largest absolute Gasteiger partial charge is 0.389 e. The number of rotatable bonds is 6. The molecule has 0 spiro atoms. The van der Waals surface area contributed by atoms with Crippen molar-refractivity contribution in [3.63, 3.8) is 0 Å². The lowest BCUT2D eigenvalue weighted by atomic mass is 9.65. The number of amides is 1. The standard InChI is InChI=1S/C28H31N3O2/c1-3-29-26(32)24-12-8-7-9-20(24)13-15-28(33)16-14-22-17-25-21(18-27(22,28)2)19-30-31(25)23-10-5-4-6-11-23/h4-12,17,19,33H,3,13-16,18H2,1-2H3,(H,29,32)/t27-,28-/m0/s1. The molecule has 5 nitrogen and oxygen atoms in total. The lowest BCUT2D eigenvalue weighted by Gasteiger charge is -2.42. The summed E-state index contributed by atoms with van der Waals surface area (Å²) in [7, 11) is 0. The van der Waals surface area contributed by atoms with Crippen molar-refractivity contribution in [1.82, 2.24) is 15.1 Å². The van der Waals surface area contributed by atoms with Gasteiger partial charge in [0.15, 0.2) is 0 Å². The van der Waals surface area contributed by atoms with Crippen LogP contribution in [0.25, 0.3) is 11.8 Å². The minimum Gasteiger partial charge on any atom is -0.389 e. The predicted octanol–water partition coefficient (Wildman–Crippen LogP) is 4.73. The molecule has 1 heterocycles. The number of fused-ring (bicyclic) bond motifs is 2. The summed E-state index contributed by atoms with van der Waals surface area (Å²) in [5.74, 6) is -0.0473. The highest BCUT2D eigenvalue weighted by molar-refractivity contribution is 5.95. The van der Waals surface area contributed by atoms with Crippen molar-refractivity contribution in [2.24, 2.45) is 5.41 Å². The van der Waals surface area contributed by atoms with Gasteiger partial charge in [0.05, 0.1) is 23.2 Å². The zero-order valence-corrected chi connectivity index (χ0v) is 19.3. The average molecular weight is 442 g/mol. The Balaban J connectivity index is 1.41. The van der Waals surface area contributed by atoms with Gasteiger partial charge < -0.3 is 10.4 Å². The third-order valence-electron chi connectivity index (χ3n) is 7.69. The van der Waals surface area contributed by atoms with Gasteiger partial charge in [0.25, 0.3) is 5.91 Å². The van der Waals surface area contributed by atoms with Crippen molar-refractivity contribution in [1.29, 1.82) is 0 Å². The molecule has 0 saturated heterocycles. The molecule has 2 aromatic carbocycles. The molecule has 1 saturated carbocycles. The minimum atomic E-state index is -0.820. The van der Waals surface area contributed by atoms with Gasteiger partial charge in [-0.05, 0) is 74.4 Å². The monoisotopic (exact) mass is 441 g/mol. The van der Waals surface area contributed by atoms with Gasteiger partial charge in [-0.15, -0.1) is 0 Å². The van der Waals surface area contributed by atoms with Crippen LogP contribution in [0.3, 0.4) is 0 Å². The molecule has 0 aliphatic heterocycles. The van der Waals surface area contributed by atoms with Crippen LogP contribution in [0.4, 0.5) is 0 Å². The second-order valence-corrected chi connectivity index (χ2v) is 9.53. The Morgan fingerprint density at radius 2 is 1.91 bits per heavy atom. The summed E-state index contributed by atoms with van der Waals surface area (Å²) in [6.45, 7) is 4.72.